The van der Waals surface area contributed by atoms with Gasteiger partial charge in [0.05, 0.1) is 19.3 Å². The molecule has 0 aliphatic carbocycles. The first kappa shape index (κ1) is 12.5. The molecule has 0 heterocycles. The lowest BCUT2D eigenvalue weighted by atomic mass is 10.2. The summed E-state index contributed by atoms with van der Waals surface area (Å²) in [7, 11) is 0. The molecule has 0 aromatic heterocycles. The van der Waals surface area contributed by atoms with Crippen molar-refractivity contribution < 1.29 is 10.2 Å². The Bertz CT molecular complexity index is 272. The van der Waals surface area contributed by atoms with Gasteiger partial charge in [-0.3, -0.25) is 0 Å². The summed E-state index contributed by atoms with van der Waals surface area (Å²) in [6.45, 7) is 0.583. The molecule has 0 saturated carbocycles. The maximum Gasteiger partial charge on any atom is 0.0607 e. The van der Waals surface area contributed by atoms with Crippen molar-refractivity contribution in [3.63, 3.8) is 0 Å². The van der Waals surface area contributed by atoms with Crippen molar-refractivity contribution in [3.8, 4) is 0 Å². The van der Waals surface area contributed by atoms with Crippen molar-refractivity contribution in [1.29, 1.82) is 0 Å². The average molecular weight is 227 g/mol. The molecule has 0 bridgehead atoms. The number of thioether (sulfide) groups is 1. The van der Waals surface area contributed by atoms with E-state index < -0.39 is 0 Å². The predicted molar refractivity (Wildman–Crippen MR) is 63.0 cm³/mol. The normalized spacial score (nSPS) is 10.9. The van der Waals surface area contributed by atoms with E-state index in [2.05, 4.69) is 17.4 Å². The van der Waals surface area contributed by atoms with Crippen LogP contribution >= 0.6 is 11.8 Å². The summed E-state index contributed by atoms with van der Waals surface area (Å²) in [5.41, 5.74) is 1.15. The first-order valence-corrected chi connectivity index (χ1v) is 6.10. The van der Waals surface area contributed by atoms with Gasteiger partial charge >= 0.3 is 0 Å². The van der Waals surface area contributed by atoms with E-state index in [4.69, 9.17) is 10.2 Å². The molecule has 0 amide bonds. The van der Waals surface area contributed by atoms with Gasteiger partial charge in [-0.1, -0.05) is 12.1 Å². The van der Waals surface area contributed by atoms with Gasteiger partial charge in [0.2, 0.25) is 0 Å². The summed E-state index contributed by atoms with van der Waals surface area (Å²) >= 11 is 1.71. The van der Waals surface area contributed by atoms with E-state index >= 15 is 0 Å². The van der Waals surface area contributed by atoms with Crippen LogP contribution in [0.5, 0.6) is 0 Å². The Morgan fingerprint density at radius 2 is 1.80 bits per heavy atom. The second kappa shape index (κ2) is 6.85. The van der Waals surface area contributed by atoms with Gasteiger partial charge in [-0.25, -0.2) is 0 Å². The molecule has 1 aromatic carbocycles. The second-order valence-electron chi connectivity index (χ2n) is 3.29. The third-order valence-electron chi connectivity index (χ3n) is 2.19. The molecular formula is C11H17NO2S. The molecule has 15 heavy (non-hydrogen) atoms. The Hall–Kier alpha value is -0.550. The summed E-state index contributed by atoms with van der Waals surface area (Å²) < 4.78 is 0. The number of rotatable bonds is 6. The van der Waals surface area contributed by atoms with E-state index in [9.17, 15) is 0 Å². The van der Waals surface area contributed by atoms with Crippen molar-refractivity contribution >= 4 is 11.8 Å². The van der Waals surface area contributed by atoms with Crippen LogP contribution in [0.4, 0.5) is 0 Å². The molecule has 3 N–H and O–H groups in total. The molecule has 0 atom stereocenters. The standard InChI is InChI=1S/C11H17NO2S/c1-15-11-4-2-9(3-5-11)6-12-10(7-13)8-14/h2-5,10,12-14H,6-8H2,1H3. The van der Waals surface area contributed by atoms with E-state index in [-0.39, 0.29) is 19.3 Å². The number of aliphatic hydroxyl groups is 2. The zero-order valence-electron chi connectivity index (χ0n) is 8.81. The van der Waals surface area contributed by atoms with Gasteiger partial charge in [0.15, 0.2) is 0 Å². The number of hydrogen-bond acceptors (Lipinski definition) is 4. The van der Waals surface area contributed by atoms with Gasteiger partial charge in [0, 0.05) is 11.4 Å². The molecule has 0 spiro atoms. The highest BCUT2D eigenvalue weighted by Crippen LogP contribution is 2.14. The van der Waals surface area contributed by atoms with Crippen LogP contribution in [-0.2, 0) is 6.54 Å². The SMILES string of the molecule is CSc1ccc(CNC(CO)CO)cc1. The van der Waals surface area contributed by atoms with E-state index in [1.807, 2.05) is 18.4 Å². The number of benzene rings is 1. The monoisotopic (exact) mass is 227 g/mol. The molecule has 0 unspecified atom stereocenters. The Labute approximate surface area is 94.5 Å². The van der Waals surface area contributed by atoms with Crippen molar-refractivity contribution in [2.45, 2.75) is 17.5 Å². The van der Waals surface area contributed by atoms with Gasteiger partial charge in [-0.2, -0.15) is 0 Å². The van der Waals surface area contributed by atoms with Gasteiger partial charge in [0.25, 0.3) is 0 Å². The molecule has 0 aliphatic heterocycles. The van der Waals surface area contributed by atoms with Gasteiger partial charge in [-0.15, -0.1) is 11.8 Å². The third kappa shape index (κ3) is 4.22. The number of nitrogens with one attached hydrogen (secondary N) is 1. The van der Waals surface area contributed by atoms with Gasteiger partial charge < -0.3 is 15.5 Å². The summed E-state index contributed by atoms with van der Waals surface area (Å²) in [5.74, 6) is 0. The van der Waals surface area contributed by atoms with E-state index in [1.54, 1.807) is 11.8 Å². The maximum atomic E-state index is 8.86. The maximum absolute atomic E-state index is 8.86. The fourth-order valence-corrected chi connectivity index (χ4v) is 1.60. The van der Waals surface area contributed by atoms with Crippen molar-refractivity contribution in [2.24, 2.45) is 0 Å². The molecular weight excluding hydrogens is 210 g/mol. The highest BCUT2D eigenvalue weighted by atomic mass is 32.2. The van der Waals surface area contributed by atoms with Crippen LogP contribution in [0.15, 0.2) is 29.2 Å². The van der Waals surface area contributed by atoms with Gasteiger partial charge in [-0.05, 0) is 24.0 Å². The Morgan fingerprint density at radius 3 is 2.27 bits per heavy atom. The molecule has 0 aliphatic rings. The third-order valence-corrected chi connectivity index (χ3v) is 2.94. The minimum Gasteiger partial charge on any atom is -0.395 e. The minimum absolute atomic E-state index is 0.0423. The lowest BCUT2D eigenvalue weighted by Gasteiger charge is -2.13. The summed E-state index contributed by atoms with van der Waals surface area (Å²) in [4.78, 5) is 1.24. The summed E-state index contributed by atoms with van der Waals surface area (Å²) in [6, 6.07) is 7.99. The van der Waals surface area contributed by atoms with Crippen molar-refractivity contribution in [2.75, 3.05) is 19.5 Å². The molecule has 4 heteroatoms. The van der Waals surface area contributed by atoms with Crippen molar-refractivity contribution in [1.82, 2.24) is 5.32 Å². The highest BCUT2D eigenvalue weighted by Gasteiger charge is 2.03. The summed E-state index contributed by atoms with van der Waals surface area (Å²) in [6.07, 6.45) is 2.04. The van der Waals surface area contributed by atoms with Crippen LogP contribution in [-0.4, -0.2) is 35.7 Å². The smallest absolute Gasteiger partial charge is 0.0607 e. The van der Waals surface area contributed by atoms with Gasteiger partial charge in [0.1, 0.15) is 0 Å². The van der Waals surface area contributed by atoms with Crippen LogP contribution in [0, 0.1) is 0 Å². The molecule has 0 fully saturated rings. The van der Waals surface area contributed by atoms with Crippen LogP contribution in [0.1, 0.15) is 5.56 Å². The predicted octanol–water partition coefficient (Wildman–Crippen LogP) is 0.851. The minimum atomic E-state index is -0.231. The lowest BCUT2D eigenvalue weighted by Crippen LogP contribution is -2.35. The number of hydrogen-bond donors (Lipinski definition) is 3. The van der Waals surface area contributed by atoms with Crippen LogP contribution in [0.25, 0.3) is 0 Å². The highest BCUT2D eigenvalue weighted by molar-refractivity contribution is 7.98. The van der Waals surface area contributed by atoms with Crippen LogP contribution in [0.2, 0.25) is 0 Å². The van der Waals surface area contributed by atoms with E-state index in [1.165, 1.54) is 4.90 Å². The Kier molecular flexibility index (Phi) is 5.71. The molecule has 0 radical (unpaired) electrons. The Balaban J connectivity index is 2.43. The average Bonchev–Trinajstić information content (AvgIpc) is 2.31. The van der Waals surface area contributed by atoms with Crippen LogP contribution in [0.3, 0.4) is 0 Å². The number of aliphatic hydroxyl groups excluding tert-OH is 2. The van der Waals surface area contributed by atoms with Crippen LogP contribution < -0.4 is 5.32 Å². The second-order valence-corrected chi connectivity index (χ2v) is 4.17. The first-order chi connectivity index (χ1) is 7.30. The quantitative estimate of drug-likeness (QED) is 0.631. The zero-order chi connectivity index (χ0) is 11.1. The largest absolute Gasteiger partial charge is 0.395 e. The first-order valence-electron chi connectivity index (χ1n) is 4.88. The molecule has 0 saturated heterocycles. The van der Waals surface area contributed by atoms with E-state index in [0.717, 1.165) is 5.56 Å². The lowest BCUT2D eigenvalue weighted by molar-refractivity contribution is 0.170. The molecule has 3 nitrogen and oxygen atoms in total. The zero-order valence-corrected chi connectivity index (χ0v) is 9.63. The topological polar surface area (TPSA) is 52.5 Å². The fraction of sp³-hybridized carbons (Fsp3) is 0.455. The van der Waals surface area contributed by atoms with E-state index in [0.29, 0.717) is 6.54 Å². The fourth-order valence-electron chi connectivity index (χ4n) is 1.19. The summed E-state index contributed by atoms with van der Waals surface area (Å²) in [5, 5.41) is 20.8. The molecule has 1 aromatic rings. The molecule has 1 rings (SSSR count). The molecule has 84 valence electrons. The van der Waals surface area contributed by atoms with Crippen molar-refractivity contribution in [3.05, 3.63) is 29.8 Å². The Morgan fingerprint density at radius 1 is 1.20 bits per heavy atom.